The Morgan fingerprint density at radius 1 is 1.33 bits per heavy atom. The lowest BCUT2D eigenvalue weighted by Gasteiger charge is -2.16. The van der Waals surface area contributed by atoms with E-state index in [-0.39, 0.29) is 17.0 Å². The van der Waals surface area contributed by atoms with Gasteiger partial charge in [-0.3, -0.25) is 14.2 Å². The molecule has 1 aromatic heterocycles. The first-order valence-electron chi connectivity index (χ1n) is 7.75. The summed E-state index contributed by atoms with van der Waals surface area (Å²) in [5, 5.41) is 1.31. The fourth-order valence-corrected chi connectivity index (χ4v) is 3.26. The molecule has 0 aliphatic carbocycles. The average molecular weight is 397 g/mol. The minimum absolute atomic E-state index is 0.0797. The molecule has 0 fully saturated rings. The summed E-state index contributed by atoms with van der Waals surface area (Å²) in [7, 11) is 2.76. The predicted molar refractivity (Wildman–Crippen MR) is 97.4 cm³/mol. The Labute approximate surface area is 159 Å². The summed E-state index contributed by atoms with van der Waals surface area (Å²) in [6.45, 7) is 4.26. The third kappa shape index (κ3) is 4.81. The van der Waals surface area contributed by atoms with E-state index in [1.165, 1.54) is 49.2 Å². The van der Waals surface area contributed by atoms with Gasteiger partial charge in [-0.2, -0.15) is 0 Å². The summed E-state index contributed by atoms with van der Waals surface area (Å²) in [6.07, 6.45) is 1.32. The maximum Gasteiger partial charge on any atom is 0.295 e. The largest absolute Gasteiger partial charge is 0.295 e. The number of hydrogen-bond donors (Lipinski definition) is 0. The molecular weight excluding hydrogens is 379 g/mol. The van der Waals surface area contributed by atoms with Crippen LogP contribution >= 0.6 is 11.8 Å². The molecule has 0 atom stereocenters. The molecule has 0 unspecified atom stereocenters. The van der Waals surface area contributed by atoms with Crippen LogP contribution in [0.3, 0.4) is 0 Å². The number of thioether (sulfide) groups is 1. The maximum absolute atomic E-state index is 13.5. The number of benzene rings is 1. The molecule has 0 radical (unpaired) electrons. The molecule has 1 amide bonds. The van der Waals surface area contributed by atoms with Crippen LogP contribution in [-0.2, 0) is 4.84 Å². The molecule has 0 aliphatic rings. The van der Waals surface area contributed by atoms with Crippen molar-refractivity contribution in [2.75, 3.05) is 19.9 Å². The summed E-state index contributed by atoms with van der Waals surface area (Å²) in [6, 6.07) is 5.41. The van der Waals surface area contributed by atoms with Crippen LogP contribution in [0, 0.1) is 5.82 Å². The topological polar surface area (TPSA) is 47.4 Å². The minimum atomic E-state index is -0.877. The van der Waals surface area contributed by atoms with E-state index in [1.807, 2.05) is 0 Å². The summed E-state index contributed by atoms with van der Waals surface area (Å²) >= 11 is 1.02. The van der Waals surface area contributed by atoms with Gasteiger partial charge in [0.2, 0.25) is 0 Å². The molecule has 2 aromatic rings. The monoisotopic (exact) mass is 397 g/mol. The third-order valence-electron chi connectivity index (χ3n) is 3.68. The number of allylic oxidation sites excluding steroid dienone is 2. The summed E-state index contributed by atoms with van der Waals surface area (Å²) < 4.78 is 41.7. The number of hydroxylamine groups is 2. The summed E-state index contributed by atoms with van der Waals surface area (Å²) in [5.74, 6) is -2.58. The van der Waals surface area contributed by atoms with Crippen molar-refractivity contribution >= 4 is 17.7 Å². The lowest BCUT2D eigenvalue weighted by Crippen LogP contribution is -2.27. The van der Waals surface area contributed by atoms with E-state index in [0.717, 1.165) is 23.7 Å². The molecule has 1 heterocycles. The van der Waals surface area contributed by atoms with Gasteiger partial charge in [0.15, 0.2) is 5.16 Å². The zero-order chi connectivity index (χ0) is 20.1. The molecule has 0 bridgehead atoms. The zero-order valence-electron chi connectivity index (χ0n) is 15.0. The van der Waals surface area contributed by atoms with Gasteiger partial charge in [0.25, 0.3) is 5.91 Å². The van der Waals surface area contributed by atoms with Crippen LogP contribution in [0.25, 0.3) is 5.69 Å². The molecule has 2 rings (SSSR count). The molecule has 5 nitrogen and oxygen atoms in total. The van der Waals surface area contributed by atoms with Crippen LogP contribution in [-0.4, -0.2) is 40.4 Å². The Kier molecular flexibility index (Phi) is 6.86. The molecule has 0 saturated heterocycles. The van der Waals surface area contributed by atoms with Gasteiger partial charge in [-0.15, -0.1) is 0 Å². The summed E-state index contributed by atoms with van der Waals surface area (Å²) in [4.78, 5) is 21.6. The number of hydrogen-bond acceptors (Lipinski definition) is 4. The number of imidazole rings is 1. The van der Waals surface area contributed by atoms with Gasteiger partial charge in [-0.05, 0) is 31.2 Å². The van der Waals surface area contributed by atoms with Gasteiger partial charge in [0, 0.05) is 24.1 Å². The Morgan fingerprint density at radius 2 is 1.96 bits per heavy atom. The highest BCUT2D eigenvalue weighted by Gasteiger charge is 2.22. The van der Waals surface area contributed by atoms with Crippen LogP contribution < -0.4 is 0 Å². The Hall–Kier alpha value is -2.52. The number of carbonyl (C=O) groups excluding carboxylic acids is 1. The Balaban J connectivity index is 2.47. The van der Waals surface area contributed by atoms with E-state index in [1.54, 1.807) is 0 Å². The second kappa shape index (κ2) is 8.92. The Bertz CT molecular complexity index is 874. The molecule has 27 heavy (non-hydrogen) atoms. The number of amides is 1. The number of rotatable bonds is 7. The van der Waals surface area contributed by atoms with Gasteiger partial charge in [-0.25, -0.2) is 23.2 Å². The number of nitrogens with zero attached hydrogens (tertiary/aromatic N) is 3. The van der Waals surface area contributed by atoms with Crippen molar-refractivity contribution in [3.63, 3.8) is 0 Å². The van der Waals surface area contributed by atoms with Gasteiger partial charge in [-0.1, -0.05) is 18.3 Å². The molecule has 0 N–H and O–H groups in total. The zero-order valence-corrected chi connectivity index (χ0v) is 15.8. The highest BCUT2D eigenvalue weighted by atomic mass is 32.2. The first-order valence-corrected chi connectivity index (χ1v) is 8.73. The maximum atomic E-state index is 13.5. The number of aromatic nitrogens is 2. The van der Waals surface area contributed by atoms with E-state index in [9.17, 15) is 18.0 Å². The van der Waals surface area contributed by atoms with Crippen molar-refractivity contribution in [3.05, 3.63) is 65.8 Å². The Morgan fingerprint density at radius 3 is 2.48 bits per heavy atom. The van der Waals surface area contributed by atoms with E-state index >= 15 is 0 Å². The normalized spacial score (nSPS) is 11.9. The predicted octanol–water partition coefficient (Wildman–Crippen LogP) is 4.46. The minimum Gasteiger partial charge on any atom is -0.283 e. The molecule has 9 heteroatoms. The van der Waals surface area contributed by atoms with Crippen molar-refractivity contribution in [1.82, 2.24) is 14.6 Å². The number of halogens is 3. The second-order valence-electron chi connectivity index (χ2n) is 5.43. The molecule has 1 aromatic carbocycles. The first-order chi connectivity index (χ1) is 12.8. The summed E-state index contributed by atoms with van der Waals surface area (Å²) in [5.41, 5.74) is 0.427. The molecular formula is C18H18F3N3O2S. The van der Waals surface area contributed by atoms with Gasteiger partial charge in [0.05, 0.1) is 13.3 Å². The lowest BCUT2D eigenvalue weighted by molar-refractivity contribution is -0.0762. The average Bonchev–Trinajstić information content (AvgIpc) is 3.04. The van der Waals surface area contributed by atoms with Crippen molar-refractivity contribution in [1.29, 1.82) is 0 Å². The van der Waals surface area contributed by atoms with Gasteiger partial charge < -0.3 is 0 Å². The first kappa shape index (κ1) is 20.8. The van der Waals surface area contributed by atoms with Crippen LogP contribution in [0.4, 0.5) is 13.2 Å². The molecule has 144 valence electrons. The quantitative estimate of drug-likeness (QED) is 0.393. The van der Waals surface area contributed by atoms with Crippen LogP contribution in [0.1, 0.15) is 17.4 Å². The van der Waals surface area contributed by atoms with Crippen molar-refractivity contribution in [2.24, 2.45) is 0 Å². The highest BCUT2D eigenvalue weighted by molar-refractivity contribution is 7.99. The van der Waals surface area contributed by atoms with Crippen molar-refractivity contribution in [3.8, 4) is 5.69 Å². The SMILES string of the molecule is C=C(F)C(CSc1ncc(C(=O)N(C)OC)n1-c1ccc(F)cc1)=C(C)F. The lowest BCUT2D eigenvalue weighted by atomic mass is 10.2. The van der Waals surface area contributed by atoms with E-state index in [0.29, 0.717) is 10.8 Å². The van der Waals surface area contributed by atoms with Crippen LogP contribution in [0.5, 0.6) is 0 Å². The highest BCUT2D eigenvalue weighted by Crippen LogP contribution is 2.29. The van der Waals surface area contributed by atoms with Gasteiger partial charge >= 0.3 is 0 Å². The van der Waals surface area contributed by atoms with Crippen molar-refractivity contribution in [2.45, 2.75) is 12.1 Å². The van der Waals surface area contributed by atoms with Gasteiger partial charge in [0.1, 0.15) is 23.2 Å². The fraction of sp³-hybridized carbons (Fsp3) is 0.222. The third-order valence-corrected chi connectivity index (χ3v) is 4.66. The fourth-order valence-electron chi connectivity index (χ4n) is 2.17. The number of carbonyl (C=O) groups is 1. The second-order valence-corrected chi connectivity index (χ2v) is 6.37. The van der Waals surface area contributed by atoms with Crippen LogP contribution in [0.15, 0.2) is 59.4 Å². The van der Waals surface area contributed by atoms with Crippen LogP contribution in [0.2, 0.25) is 0 Å². The molecule has 0 aliphatic heterocycles. The van der Waals surface area contributed by atoms with Crippen molar-refractivity contribution < 1.29 is 22.8 Å². The molecule has 0 saturated carbocycles. The van der Waals surface area contributed by atoms with E-state index in [2.05, 4.69) is 11.6 Å². The van der Waals surface area contributed by atoms with E-state index < -0.39 is 23.4 Å². The molecule has 0 spiro atoms. The standard InChI is InChI=1S/C18H18F3N3O2S/c1-11(19)15(12(2)20)10-27-18-22-9-16(17(25)23(3)26-4)24(18)14-7-5-13(21)6-8-14/h5-9H,1,10H2,2-4H3. The van der Waals surface area contributed by atoms with E-state index in [4.69, 9.17) is 4.84 Å². The smallest absolute Gasteiger partial charge is 0.283 e.